The van der Waals surface area contributed by atoms with Gasteiger partial charge >= 0.3 is 0 Å². The minimum Gasteiger partial charge on any atom is -0.497 e. The number of carbonyl (C=O) groups is 1. The van der Waals surface area contributed by atoms with Crippen molar-refractivity contribution in [2.24, 2.45) is 0 Å². The van der Waals surface area contributed by atoms with Crippen LogP contribution in [0.2, 0.25) is 0 Å². The highest BCUT2D eigenvalue weighted by Gasteiger charge is 2.45. The molecule has 1 heterocycles. The van der Waals surface area contributed by atoms with Crippen molar-refractivity contribution >= 4 is 5.91 Å². The minimum atomic E-state index is -0.975. The predicted molar refractivity (Wildman–Crippen MR) is 105 cm³/mol. The number of ether oxygens (including phenoxy) is 1. The van der Waals surface area contributed by atoms with E-state index < -0.39 is 11.6 Å². The molecule has 2 aromatic rings. The van der Waals surface area contributed by atoms with E-state index in [0.717, 1.165) is 23.4 Å². The summed E-state index contributed by atoms with van der Waals surface area (Å²) in [5.41, 5.74) is 1.24. The topological polar surface area (TPSA) is 61.8 Å². The van der Waals surface area contributed by atoms with Gasteiger partial charge in [-0.3, -0.25) is 9.69 Å². The number of hydrogen-bond donors (Lipinski definition) is 2. The Morgan fingerprint density at radius 2 is 2.00 bits per heavy atom. The lowest BCUT2D eigenvalue weighted by Gasteiger charge is -2.49. The zero-order valence-electron chi connectivity index (χ0n) is 16.2. The first-order valence-electron chi connectivity index (χ1n) is 9.32. The zero-order chi connectivity index (χ0) is 19.4. The molecule has 0 saturated carbocycles. The van der Waals surface area contributed by atoms with Gasteiger partial charge in [0.15, 0.2) is 0 Å². The van der Waals surface area contributed by atoms with Crippen molar-refractivity contribution in [1.29, 1.82) is 0 Å². The second kappa shape index (κ2) is 8.11. The quantitative estimate of drug-likeness (QED) is 0.852. The molecule has 3 rings (SSSR count). The maximum Gasteiger partial charge on any atom is 0.217 e. The van der Waals surface area contributed by atoms with E-state index in [4.69, 9.17) is 4.74 Å². The van der Waals surface area contributed by atoms with Crippen LogP contribution >= 0.6 is 0 Å². The fourth-order valence-corrected chi connectivity index (χ4v) is 3.91. The first-order chi connectivity index (χ1) is 12.9. The molecule has 1 aliphatic rings. The standard InChI is InChI=1S/C22H28N2O3/c1-16(25)23-21-20(18-9-5-4-6-10-18)24(13-12-22(21,2)26)15-17-8-7-11-19(14-17)27-3/h4-11,14,20-21,26H,12-13,15H2,1-3H3,(H,23,25)/t20-,21-,22+/m0/s1. The van der Waals surface area contributed by atoms with E-state index >= 15 is 0 Å². The van der Waals surface area contributed by atoms with Crippen LogP contribution in [-0.4, -0.2) is 41.2 Å². The monoisotopic (exact) mass is 368 g/mol. The summed E-state index contributed by atoms with van der Waals surface area (Å²) in [6.07, 6.45) is 0.589. The fourth-order valence-electron chi connectivity index (χ4n) is 3.91. The van der Waals surface area contributed by atoms with Crippen LogP contribution in [0, 0.1) is 0 Å². The smallest absolute Gasteiger partial charge is 0.217 e. The molecule has 0 aliphatic carbocycles. The Hall–Kier alpha value is -2.37. The van der Waals surface area contributed by atoms with Crippen LogP contribution in [0.15, 0.2) is 54.6 Å². The van der Waals surface area contributed by atoms with E-state index in [1.165, 1.54) is 6.92 Å². The Labute approximate surface area is 161 Å². The summed E-state index contributed by atoms with van der Waals surface area (Å²) in [6.45, 7) is 4.76. The summed E-state index contributed by atoms with van der Waals surface area (Å²) in [6, 6.07) is 17.6. The second-order valence-corrected chi connectivity index (χ2v) is 7.46. The van der Waals surface area contributed by atoms with Gasteiger partial charge in [-0.2, -0.15) is 0 Å². The molecule has 0 radical (unpaired) electrons. The Bertz CT molecular complexity index is 776. The molecule has 1 amide bonds. The van der Waals surface area contributed by atoms with Crippen molar-refractivity contribution in [3.63, 3.8) is 0 Å². The van der Waals surface area contributed by atoms with E-state index in [9.17, 15) is 9.90 Å². The molecule has 27 heavy (non-hydrogen) atoms. The molecule has 1 saturated heterocycles. The van der Waals surface area contributed by atoms with Gasteiger partial charge in [-0.1, -0.05) is 42.5 Å². The maximum absolute atomic E-state index is 11.9. The number of piperidine rings is 1. The lowest BCUT2D eigenvalue weighted by atomic mass is 9.79. The van der Waals surface area contributed by atoms with Gasteiger partial charge in [0.25, 0.3) is 0 Å². The number of nitrogens with zero attached hydrogens (tertiary/aromatic N) is 1. The van der Waals surface area contributed by atoms with Crippen molar-refractivity contribution in [3.8, 4) is 5.75 Å². The van der Waals surface area contributed by atoms with Crippen LogP contribution in [-0.2, 0) is 11.3 Å². The Kier molecular flexibility index (Phi) is 5.82. The molecule has 0 unspecified atom stereocenters. The van der Waals surface area contributed by atoms with Crippen molar-refractivity contribution in [2.75, 3.05) is 13.7 Å². The average molecular weight is 368 g/mol. The summed E-state index contributed by atoms with van der Waals surface area (Å²) in [4.78, 5) is 14.2. The molecule has 2 N–H and O–H groups in total. The highest BCUT2D eigenvalue weighted by molar-refractivity contribution is 5.73. The van der Waals surface area contributed by atoms with Crippen molar-refractivity contribution in [1.82, 2.24) is 10.2 Å². The minimum absolute atomic E-state index is 0.120. The van der Waals surface area contributed by atoms with Crippen LogP contribution in [0.25, 0.3) is 0 Å². The lowest BCUT2D eigenvalue weighted by molar-refractivity contribution is -0.126. The van der Waals surface area contributed by atoms with Crippen LogP contribution in [0.3, 0.4) is 0 Å². The molecule has 0 aromatic heterocycles. The number of benzene rings is 2. The molecular weight excluding hydrogens is 340 g/mol. The number of rotatable bonds is 5. The molecular formula is C22H28N2O3. The molecule has 5 heteroatoms. The highest BCUT2D eigenvalue weighted by Crippen LogP contribution is 2.38. The van der Waals surface area contributed by atoms with Gasteiger partial charge in [0.2, 0.25) is 5.91 Å². The molecule has 0 spiro atoms. The lowest BCUT2D eigenvalue weighted by Crippen LogP contribution is -2.62. The van der Waals surface area contributed by atoms with E-state index in [1.807, 2.05) is 43.3 Å². The third-order valence-electron chi connectivity index (χ3n) is 5.30. The molecule has 5 nitrogen and oxygen atoms in total. The second-order valence-electron chi connectivity index (χ2n) is 7.46. The van der Waals surface area contributed by atoms with Crippen LogP contribution in [0.5, 0.6) is 5.75 Å². The number of likely N-dealkylation sites (tertiary alicyclic amines) is 1. The molecule has 0 bridgehead atoms. The molecule has 1 aliphatic heterocycles. The first kappa shape index (κ1) is 19.4. The van der Waals surface area contributed by atoms with Crippen LogP contribution < -0.4 is 10.1 Å². The summed E-state index contributed by atoms with van der Waals surface area (Å²) >= 11 is 0. The van der Waals surface area contributed by atoms with E-state index in [-0.39, 0.29) is 11.9 Å². The SMILES string of the molecule is COc1cccc(CN2CC[C@@](C)(O)[C@@H](NC(C)=O)[C@@H]2c2ccccc2)c1. The number of methoxy groups -OCH3 is 1. The normalized spacial score (nSPS) is 25.8. The summed E-state index contributed by atoms with van der Waals surface area (Å²) in [5.74, 6) is 0.690. The third kappa shape index (κ3) is 4.49. The van der Waals surface area contributed by atoms with Gasteiger partial charge in [-0.25, -0.2) is 0 Å². The Balaban J connectivity index is 1.96. The van der Waals surface area contributed by atoms with Gasteiger partial charge in [-0.05, 0) is 36.6 Å². The van der Waals surface area contributed by atoms with Crippen molar-refractivity contribution in [3.05, 3.63) is 65.7 Å². The molecule has 144 valence electrons. The number of nitrogens with one attached hydrogen (secondary N) is 1. The van der Waals surface area contributed by atoms with Crippen molar-refractivity contribution < 1.29 is 14.6 Å². The number of hydrogen-bond acceptors (Lipinski definition) is 4. The van der Waals surface area contributed by atoms with E-state index in [2.05, 4.69) is 28.4 Å². The van der Waals surface area contributed by atoms with E-state index in [1.54, 1.807) is 7.11 Å². The maximum atomic E-state index is 11.9. The average Bonchev–Trinajstić information content (AvgIpc) is 2.65. The fraction of sp³-hybridized carbons (Fsp3) is 0.409. The largest absolute Gasteiger partial charge is 0.497 e. The number of aliphatic hydroxyl groups is 1. The van der Waals surface area contributed by atoms with Crippen LogP contribution in [0.4, 0.5) is 0 Å². The molecule has 1 fully saturated rings. The molecule has 3 atom stereocenters. The number of amides is 1. The van der Waals surface area contributed by atoms with Gasteiger partial charge < -0.3 is 15.2 Å². The summed E-state index contributed by atoms with van der Waals surface area (Å²) in [5, 5.41) is 14.0. The van der Waals surface area contributed by atoms with Gasteiger partial charge in [0, 0.05) is 20.0 Å². The highest BCUT2D eigenvalue weighted by atomic mass is 16.5. The summed E-state index contributed by atoms with van der Waals surface area (Å²) < 4.78 is 5.35. The predicted octanol–water partition coefficient (Wildman–Crippen LogP) is 2.90. The Morgan fingerprint density at radius 1 is 1.26 bits per heavy atom. The van der Waals surface area contributed by atoms with Gasteiger partial charge in [-0.15, -0.1) is 0 Å². The third-order valence-corrected chi connectivity index (χ3v) is 5.30. The summed E-state index contributed by atoms with van der Waals surface area (Å²) in [7, 11) is 1.66. The van der Waals surface area contributed by atoms with Gasteiger partial charge in [0.05, 0.1) is 24.8 Å². The van der Waals surface area contributed by atoms with Gasteiger partial charge in [0.1, 0.15) is 5.75 Å². The van der Waals surface area contributed by atoms with Crippen molar-refractivity contribution in [2.45, 2.75) is 44.5 Å². The number of carbonyl (C=O) groups excluding carboxylic acids is 1. The molecule has 2 aromatic carbocycles. The zero-order valence-corrected chi connectivity index (χ0v) is 16.2. The first-order valence-corrected chi connectivity index (χ1v) is 9.32. The van der Waals surface area contributed by atoms with E-state index in [0.29, 0.717) is 13.0 Å². The van der Waals surface area contributed by atoms with Crippen LogP contribution in [0.1, 0.15) is 37.4 Å². The Morgan fingerprint density at radius 3 is 2.67 bits per heavy atom.